The molecule has 1 unspecified atom stereocenters. The number of oxime groups is 1. The van der Waals surface area contributed by atoms with Crippen LogP contribution in [-0.4, -0.2) is 37.4 Å². The number of hydrogen-bond donors (Lipinski definition) is 2. The lowest BCUT2D eigenvalue weighted by Gasteiger charge is -2.20. The molecule has 0 spiro atoms. The van der Waals surface area contributed by atoms with Crippen molar-refractivity contribution in [3.05, 3.63) is 30.1 Å². The first-order valence-corrected chi connectivity index (χ1v) is 6.92. The molecule has 19 heavy (non-hydrogen) atoms. The van der Waals surface area contributed by atoms with E-state index < -0.39 is 21.8 Å². The summed E-state index contributed by atoms with van der Waals surface area (Å²) in [6.07, 6.45) is 0. The minimum atomic E-state index is -3.80. The summed E-state index contributed by atoms with van der Waals surface area (Å²) in [7, 11) is -2.45. The molecule has 0 radical (unpaired) electrons. The van der Waals surface area contributed by atoms with Gasteiger partial charge in [-0.1, -0.05) is 18.1 Å². The van der Waals surface area contributed by atoms with Crippen molar-refractivity contribution in [2.75, 3.05) is 13.6 Å². The monoisotopic (exact) mass is 289 g/mol. The molecule has 1 rings (SSSR count). The molecular weight excluding hydrogens is 273 g/mol. The fraction of sp³-hybridized carbons (Fsp3) is 0.364. The van der Waals surface area contributed by atoms with E-state index in [0.717, 1.165) is 16.4 Å². The summed E-state index contributed by atoms with van der Waals surface area (Å²) >= 11 is 0. The van der Waals surface area contributed by atoms with Gasteiger partial charge in [0.05, 0.1) is 4.90 Å². The van der Waals surface area contributed by atoms with Crippen molar-refractivity contribution in [2.45, 2.75) is 11.8 Å². The van der Waals surface area contributed by atoms with Crippen molar-refractivity contribution in [3.8, 4) is 0 Å². The molecule has 0 aliphatic rings. The zero-order valence-electron chi connectivity index (χ0n) is 10.6. The minimum Gasteiger partial charge on any atom is -0.409 e. The average molecular weight is 289 g/mol. The Morgan fingerprint density at radius 3 is 2.74 bits per heavy atom. The molecule has 1 aromatic carbocycles. The predicted octanol–water partition coefficient (Wildman–Crippen LogP) is 0.829. The summed E-state index contributed by atoms with van der Waals surface area (Å²) in [5.41, 5.74) is 5.39. The third kappa shape index (κ3) is 3.65. The van der Waals surface area contributed by atoms with E-state index in [9.17, 15) is 12.8 Å². The Morgan fingerprint density at radius 1 is 1.58 bits per heavy atom. The van der Waals surface area contributed by atoms with Crippen molar-refractivity contribution in [1.82, 2.24) is 4.31 Å². The molecular formula is C11H16FN3O3S. The molecule has 106 valence electrons. The van der Waals surface area contributed by atoms with Gasteiger partial charge in [-0.25, -0.2) is 17.1 Å². The number of halogens is 1. The van der Waals surface area contributed by atoms with Gasteiger partial charge in [0, 0.05) is 19.5 Å². The fourth-order valence-electron chi connectivity index (χ4n) is 1.48. The summed E-state index contributed by atoms with van der Waals surface area (Å²) in [6, 6.07) is 4.74. The van der Waals surface area contributed by atoms with E-state index in [0.29, 0.717) is 0 Å². The maximum Gasteiger partial charge on any atom is 0.242 e. The Bertz CT molecular complexity index is 574. The molecule has 0 amide bonds. The van der Waals surface area contributed by atoms with Gasteiger partial charge in [-0.05, 0) is 18.2 Å². The highest BCUT2D eigenvalue weighted by Gasteiger charge is 2.23. The standard InChI is InChI=1S/C11H16FN3O3S/c1-8(11(13)14-16)7-15(2)19(17,18)10-5-3-4-9(12)6-10/h3-6,8,16H,7H2,1-2H3,(H2,13,14). The molecule has 8 heteroatoms. The summed E-state index contributed by atoms with van der Waals surface area (Å²) in [4.78, 5) is -0.137. The summed E-state index contributed by atoms with van der Waals surface area (Å²) < 4.78 is 38.4. The van der Waals surface area contributed by atoms with Gasteiger partial charge < -0.3 is 10.9 Å². The molecule has 0 saturated carbocycles. The molecule has 1 atom stereocenters. The minimum absolute atomic E-state index is 0.0226. The molecule has 0 bridgehead atoms. The Morgan fingerprint density at radius 2 is 2.21 bits per heavy atom. The van der Waals surface area contributed by atoms with E-state index in [2.05, 4.69) is 5.16 Å². The van der Waals surface area contributed by atoms with Gasteiger partial charge in [0.2, 0.25) is 10.0 Å². The number of nitrogens with zero attached hydrogens (tertiary/aromatic N) is 2. The molecule has 3 N–H and O–H groups in total. The van der Waals surface area contributed by atoms with E-state index in [4.69, 9.17) is 10.9 Å². The number of rotatable bonds is 5. The highest BCUT2D eigenvalue weighted by atomic mass is 32.2. The third-order valence-corrected chi connectivity index (χ3v) is 4.47. The van der Waals surface area contributed by atoms with Crippen molar-refractivity contribution < 1.29 is 18.0 Å². The van der Waals surface area contributed by atoms with Gasteiger partial charge in [-0.3, -0.25) is 0 Å². The van der Waals surface area contributed by atoms with Gasteiger partial charge in [-0.15, -0.1) is 0 Å². The van der Waals surface area contributed by atoms with Crippen LogP contribution in [0.25, 0.3) is 0 Å². The molecule has 6 nitrogen and oxygen atoms in total. The second-order valence-electron chi connectivity index (χ2n) is 4.17. The second kappa shape index (κ2) is 5.98. The molecule has 0 heterocycles. The van der Waals surface area contributed by atoms with Crippen LogP contribution in [0.2, 0.25) is 0 Å². The lowest BCUT2D eigenvalue weighted by atomic mass is 10.2. The Hall–Kier alpha value is -1.67. The van der Waals surface area contributed by atoms with Crippen LogP contribution in [0.4, 0.5) is 4.39 Å². The van der Waals surface area contributed by atoms with Crippen LogP contribution in [-0.2, 0) is 10.0 Å². The average Bonchev–Trinajstić information content (AvgIpc) is 2.37. The summed E-state index contributed by atoms with van der Waals surface area (Å²) in [5, 5.41) is 11.3. The van der Waals surface area contributed by atoms with Crippen LogP contribution in [0, 0.1) is 11.7 Å². The van der Waals surface area contributed by atoms with Crippen LogP contribution >= 0.6 is 0 Å². The lowest BCUT2D eigenvalue weighted by molar-refractivity contribution is 0.312. The number of benzene rings is 1. The van der Waals surface area contributed by atoms with Crippen LogP contribution in [0.15, 0.2) is 34.3 Å². The van der Waals surface area contributed by atoms with Crippen LogP contribution < -0.4 is 5.73 Å². The molecule has 0 aromatic heterocycles. The fourth-order valence-corrected chi connectivity index (χ4v) is 2.78. The molecule has 0 aliphatic carbocycles. The van der Waals surface area contributed by atoms with E-state index in [-0.39, 0.29) is 17.3 Å². The van der Waals surface area contributed by atoms with Gasteiger partial charge in [0.1, 0.15) is 11.7 Å². The smallest absolute Gasteiger partial charge is 0.242 e. The first-order valence-electron chi connectivity index (χ1n) is 5.48. The quantitative estimate of drug-likeness (QED) is 0.363. The van der Waals surface area contributed by atoms with E-state index in [1.54, 1.807) is 6.92 Å². The molecule has 0 aliphatic heterocycles. The van der Waals surface area contributed by atoms with Gasteiger partial charge in [0.25, 0.3) is 0 Å². The molecule has 0 fully saturated rings. The largest absolute Gasteiger partial charge is 0.409 e. The summed E-state index contributed by atoms with van der Waals surface area (Å²) in [6.45, 7) is 1.64. The Labute approximate surface area is 111 Å². The van der Waals surface area contributed by atoms with Crippen molar-refractivity contribution >= 4 is 15.9 Å². The van der Waals surface area contributed by atoms with Gasteiger partial charge >= 0.3 is 0 Å². The van der Waals surface area contributed by atoms with Gasteiger partial charge in [-0.2, -0.15) is 0 Å². The first kappa shape index (κ1) is 15.4. The number of amidine groups is 1. The van der Waals surface area contributed by atoms with Crippen molar-refractivity contribution in [1.29, 1.82) is 0 Å². The Balaban J connectivity index is 2.95. The van der Waals surface area contributed by atoms with Crippen molar-refractivity contribution in [2.24, 2.45) is 16.8 Å². The zero-order valence-corrected chi connectivity index (χ0v) is 11.4. The third-order valence-electron chi connectivity index (χ3n) is 2.66. The summed E-state index contributed by atoms with van der Waals surface area (Å²) in [5.74, 6) is -1.15. The number of sulfonamides is 1. The normalized spacial score (nSPS) is 14.6. The van der Waals surface area contributed by atoms with Crippen molar-refractivity contribution in [3.63, 3.8) is 0 Å². The SMILES string of the molecule is CC(CN(C)S(=O)(=O)c1cccc(F)c1)C(N)=NO. The van der Waals surface area contributed by atoms with Crippen LogP contribution in [0.1, 0.15) is 6.92 Å². The van der Waals surface area contributed by atoms with E-state index in [1.165, 1.54) is 19.2 Å². The maximum atomic E-state index is 13.1. The van der Waals surface area contributed by atoms with E-state index >= 15 is 0 Å². The van der Waals surface area contributed by atoms with Gasteiger partial charge in [0.15, 0.2) is 0 Å². The number of hydrogen-bond acceptors (Lipinski definition) is 4. The number of nitrogens with two attached hydrogens (primary N) is 1. The van der Waals surface area contributed by atoms with Crippen LogP contribution in [0.5, 0.6) is 0 Å². The zero-order chi connectivity index (χ0) is 14.6. The predicted molar refractivity (Wildman–Crippen MR) is 68.8 cm³/mol. The topological polar surface area (TPSA) is 96.0 Å². The molecule has 1 aromatic rings. The highest BCUT2D eigenvalue weighted by molar-refractivity contribution is 7.89. The lowest BCUT2D eigenvalue weighted by Crippen LogP contribution is -2.36. The van der Waals surface area contributed by atoms with Crippen LogP contribution in [0.3, 0.4) is 0 Å². The first-order chi connectivity index (χ1) is 8.78. The maximum absolute atomic E-state index is 13.1. The Kier molecular flexibility index (Phi) is 4.84. The van der Waals surface area contributed by atoms with E-state index in [1.807, 2.05) is 0 Å². The highest BCUT2D eigenvalue weighted by Crippen LogP contribution is 2.16. The molecule has 0 saturated heterocycles. The second-order valence-corrected chi connectivity index (χ2v) is 6.21.